The van der Waals surface area contributed by atoms with Gasteiger partial charge in [-0.05, 0) is 19.3 Å². The molecule has 1 aliphatic carbocycles. The summed E-state index contributed by atoms with van der Waals surface area (Å²) in [5.74, 6) is 1.66. The average Bonchev–Trinajstić information content (AvgIpc) is 2.62. The third-order valence-electron chi connectivity index (χ3n) is 3.16. The molecule has 2 nitrogen and oxygen atoms in total. The van der Waals surface area contributed by atoms with Crippen molar-refractivity contribution in [3.8, 4) is 0 Å². The molecule has 0 aromatic carbocycles. The van der Waals surface area contributed by atoms with Gasteiger partial charge in [0.05, 0.1) is 6.54 Å². The first-order valence-corrected chi connectivity index (χ1v) is 4.87. The highest BCUT2D eigenvalue weighted by Crippen LogP contribution is 2.40. The Balaban J connectivity index is 1.93. The number of hydrogen-bond acceptors (Lipinski definition) is 2. The first kappa shape index (κ1) is 6.70. The van der Waals surface area contributed by atoms with Crippen molar-refractivity contribution in [2.75, 3.05) is 6.54 Å². The van der Waals surface area contributed by atoms with Crippen LogP contribution < -0.4 is 0 Å². The predicted molar refractivity (Wildman–Crippen MR) is 47.2 cm³/mol. The molecule has 2 aliphatic heterocycles. The Bertz CT molecular complexity index is 267. The molecular weight excluding hydrogens is 150 g/mol. The topological polar surface area (TPSA) is 21.6 Å². The second kappa shape index (κ2) is 2.35. The Morgan fingerprint density at radius 1 is 1.33 bits per heavy atom. The van der Waals surface area contributed by atoms with Crippen LogP contribution in [-0.2, 0) is 4.74 Å². The van der Waals surface area contributed by atoms with Gasteiger partial charge in [0.15, 0.2) is 0 Å². The highest BCUT2D eigenvalue weighted by atomic mass is 16.5. The Hall–Kier alpha value is -0.790. The summed E-state index contributed by atoms with van der Waals surface area (Å²) in [6, 6.07) is 0. The zero-order valence-electron chi connectivity index (χ0n) is 7.12. The minimum atomic E-state index is 0.476. The van der Waals surface area contributed by atoms with Gasteiger partial charge in [0.2, 0.25) is 5.90 Å². The molecule has 2 heteroatoms. The van der Waals surface area contributed by atoms with E-state index in [0.29, 0.717) is 12.0 Å². The van der Waals surface area contributed by atoms with Crippen molar-refractivity contribution in [2.24, 2.45) is 10.9 Å². The van der Waals surface area contributed by atoms with Crippen LogP contribution in [0.4, 0.5) is 0 Å². The summed E-state index contributed by atoms with van der Waals surface area (Å²) in [6.07, 6.45) is 7.97. The van der Waals surface area contributed by atoms with E-state index in [1.807, 2.05) is 0 Å². The van der Waals surface area contributed by atoms with Crippen LogP contribution >= 0.6 is 0 Å². The number of hydrogen-bond donors (Lipinski definition) is 0. The zero-order chi connectivity index (χ0) is 7.97. The molecule has 1 saturated heterocycles. The monoisotopic (exact) mass is 163 g/mol. The number of rotatable bonds is 0. The standard InChI is InChI=1S/C10H13NO/c1-2-4-9-7(3-1)8-5-6-11-10(8)12-9/h5,7,9H,1-4,6H2. The normalized spacial score (nSPS) is 38.0. The molecule has 0 aromatic heterocycles. The van der Waals surface area contributed by atoms with E-state index in [1.165, 1.54) is 31.3 Å². The van der Waals surface area contributed by atoms with E-state index in [1.54, 1.807) is 0 Å². The van der Waals surface area contributed by atoms with Gasteiger partial charge in [-0.25, -0.2) is 4.99 Å². The third-order valence-corrected chi connectivity index (χ3v) is 3.16. The zero-order valence-corrected chi connectivity index (χ0v) is 7.12. The lowest BCUT2D eigenvalue weighted by Gasteiger charge is -2.22. The summed E-state index contributed by atoms with van der Waals surface area (Å²) in [4.78, 5) is 4.32. The number of aliphatic imine (C=N–C) groups is 1. The van der Waals surface area contributed by atoms with Gasteiger partial charge < -0.3 is 4.74 Å². The van der Waals surface area contributed by atoms with Crippen LogP contribution in [0.2, 0.25) is 0 Å². The van der Waals surface area contributed by atoms with Crippen LogP contribution in [0.15, 0.2) is 16.6 Å². The van der Waals surface area contributed by atoms with Crippen molar-refractivity contribution in [1.29, 1.82) is 0 Å². The fraction of sp³-hybridized carbons (Fsp3) is 0.700. The Morgan fingerprint density at radius 3 is 3.25 bits per heavy atom. The molecule has 0 N–H and O–H groups in total. The molecule has 2 fully saturated rings. The Labute approximate surface area is 72.3 Å². The second-order valence-electron chi connectivity index (χ2n) is 3.85. The summed E-state index contributed by atoms with van der Waals surface area (Å²) < 4.78 is 5.77. The quantitative estimate of drug-likeness (QED) is 0.534. The van der Waals surface area contributed by atoms with Gasteiger partial charge in [-0.15, -0.1) is 0 Å². The average molecular weight is 163 g/mol. The lowest BCUT2D eigenvalue weighted by Crippen LogP contribution is -2.21. The maximum Gasteiger partial charge on any atom is 0.212 e. The number of ether oxygens (including phenoxy) is 1. The number of fused-ring (bicyclic) bond motifs is 3. The molecule has 1 saturated carbocycles. The molecule has 3 rings (SSSR count). The second-order valence-corrected chi connectivity index (χ2v) is 3.85. The summed E-state index contributed by atoms with van der Waals surface area (Å²) in [5, 5.41) is 0. The summed E-state index contributed by atoms with van der Waals surface area (Å²) >= 11 is 0. The number of nitrogens with zero attached hydrogens (tertiary/aromatic N) is 1. The van der Waals surface area contributed by atoms with Crippen molar-refractivity contribution >= 4 is 5.90 Å². The van der Waals surface area contributed by atoms with Gasteiger partial charge in [-0.1, -0.05) is 12.5 Å². The van der Waals surface area contributed by atoms with Gasteiger partial charge >= 0.3 is 0 Å². The van der Waals surface area contributed by atoms with E-state index in [4.69, 9.17) is 4.74 Å². The van der Waals surface area contributed by atoms with E-state index in [9.17, 15) is 0 Å². The van der Waals surface area contributed by atoms with Crippen LogP contribution in [0.25, 0.3) is 0 Å². The molecular formula is C10H13NO. The minimum Gasteiger partial charge on any atom is -0.474 e. The molecule has 64 valence electrons. The van der Waals surface area contributed by atoms with Gasteiger partial charge in [-0.3, -0.25) is 0 Å². The van der Waals surface area contributed by atoms with Crippen molar-refractivity contribution in [1.82, 2.24) is 0 Å². The van der Waals surface area contributed by atoms with Gasteiger partial charge in [0.1, 0.15) is 6.10 Å². The third kappa shape index (κ3) is 0.780. The van der Waals surface area contributed by atoms with E-state index in [2.05, 4.69) is 11.1 Å². The van der Waals surface area contributed by atoms with Crippen molar-refractivity contribution in [2.45, 2.75) is 31.8 Å². The van der Waals surface area contributed by atoms with Crippen molar-refractivity contribution in [3.63, 3.8) is 0 Å². The predicted octanol–water partition coefficient (Wildman–Crippen LogP) is 1.91. The van der Waals surface area contributed by atoms with Gasteiger partial charge in [0.25, 0.3) is 0 Å². The van der Waals surface area contributed by atoms with Crippen LogP contribution in [0, 0.1) is 5.92 Å². The maximum absolute atomic E-state index is 5.77. The molecule has 0 bridgehead atoms. The molecule has 0 amide bonds. The van der Waals surface area contributed by atoms with Crippen LogP contribution in [-0.4, -0.2) is 18.5 Å². The molecule has 2 atom stereocenters. The molecule has 0 spiro atoms. The smallest absolute Gasteiger partial charge is 0.212 e. The SMILES string of the molecule is C1=C2C(=NC1)OC1CCCCC21. The maximum atomic E-state index is 5.77. The fourth-order valence-electron chi connectivity index (χ4n) is 2.56. The minimum absolute atomic E-state index is 0.476. The van der Waals surface area contributed by atoms with Crippen LogP contribution in [0.3, 0.4) is 0 Å². The highest BCUT2D eigenvalue weighted by Gasteiger charge is 2.40. The fourth-order valence-corrected chi connectivity index (χ4v) is 2.56. The van der Waals surface area contributed by atoms with E-state index < -0.39 is 0 Å². The molecule has 2 unspecified atom stereocenters. The van der Waals surface area contributed by atoms with E-state index in [0.717, 1.165) is 12.4 Å². The lowest BCUT2D eigenvalue weighted by atomic mass is 9.83. The summed E-state index contributed by atoms with van der Waals surface area (Å²) in [5.41, 5.74) is 1.42. The molecule has 12 heavy (non-hydrogen) atoms. The van der Waals surface area contributed by atoms with E-state index >= 15 is 0 Å². The van der Waals surface area contributed by atoms with Crippen molar-refractivity contribution in [3.05, 3.63) is 11.6 Å². The Morgan fingerprint density at radius 2 is 2.25 bits per heavy atom. The first-order chi connectivity index (χ1) is 5.95. The lowest BCUT2D eigenvalue weighted by molar-refractivity contribution is 0.135. The molecule has 0 aromatic rings. The molecule has 0 radical (unpaired) electrons. The largest absolute Gasteiger partial charge is 0.474 e. The van der Waals surface area contributed by atoms with E-state index in [-0.39, 0.29) is 0 Å². The van der Waals surface area contributed by atoms with Crippen molar-refractivity contribution < 1.29 is 4.74 Å². The van der Waals surface area contributed by atoms with Gasteiger partial charge in [-0.2, -0.15) is 0 Å². The van der Waals surface area contributed by atoms with Gasteiger partial charge in [0, 0.05) is 11.5 Å². The Kier molecular flexibility index (Phi) is 1.31. The summed E-state index contributed by atoms with van der Waals surface area (Å²) in [6.45, 7) is 0.855. The first-order valence-electron chi connectivity index (χ1n) is 4.87. The van der Waals surface area contributed by atoms with Crippen LogP contribution in [0.5, 0.6) is 0 Å². The molecule has 3 aliphatic rings. The van der Waals surface area contributed by atoms with Crippen LogP contribution in [0.1, 0.15) is 25.7 Å². The summed E-state index contributed by atoms with van der Waals surface area (Å²) in [7, 11) is 0. The highest BCUT2D eigenvalue weighted by molar-refractivity contribution is 5.98. The molecule has 2 heterocycles.